The highest BCUT2D eigenvalue weighted by Gasteiger charge is 2.14. The third-order valence-electron chi connectivity index (χ3n) is 2.45. The maximum absolute atomic E-state index is 11.9. The first-order chi connectivity index (χ1) is 8.60. The van der Waals surface area contributed by atoms with Gasteiger partial charge >= 0.3 is 0 Å². The van der Waals surface area contributed by atoms with Gasteiger partial charge < -0.3 is 10.1 Å². The Labute approximate surface area is 107 Å². The quantitative estimate of drug-likeness (QED) is 0.503. The largest absolute Gasteiger partial charge is 0.497 e. The monoisotopic (exact) mass is 244 g/mol. The van der Waals surface area contributed by atoms with Crippen LogP contribution in [0.25, 0.3) is 0 Å². The Kier molecular flexibility index (Phi) is 4.94. The first-order valence-electron chi connectivity index (χ1n) is 5.70. The molecule has 0 saturated carbocycles. The van der Waals surface area contributed by atoms with Gasteiger partial charge in [0.15, 0.2) is 5.57 Å². The summed E-state index contributed by atoms with van der Waals surface area (Å²) in [5.41, 5.74) is 1.64. The number of carbonyl (C=O) groups excluding carboxylic acids is 1. The Morgan fingerprint density at radius 2 is 2.11 bits per heavy atom. The number of carbonyl (C=O) groups is 1. The lowest BCUT2D eigenvalue weighted by atomic mass is 10.2. The molecule has 1 rings (SSSR count). The molecule has 1 aromatic carbocycles. The third-order valence-corrected chi connectivity index (χ3v) is 2.45. The highest BCUT2D eigenvalue weighted by molar-refractivity contribution is 6.07. The molecule has 1 N–H and O–H groups in total. The van der Waals surface area contributed by atoms with E-state index in [0.717, 1.165) is 5.56 Å². The molecule has 0 atom stereocenters. The van der Waals surface area contributed by atoms with Gasteiger partial charge in [-0.2, -0.15) is 5.26 Å². The SMILES string of the molecule is CCO/C(C)=C(/C#N)C(=O)Nc1ccccc1C. The maximum Gasteiger partial charge on any atom is 0.269 e. The predicted molar refractivity (Wildman–Crippen MR) is 69.7 cm³/mol. The summed E-state index contributed by atoms with van der Waals surface area (Å²) in [5.74, 6) is -0.108. The Balaban J connectivity index is 2.92. The fourth-order valence-electron chi connectivity index (χ4n) is 1.48. The smallest absolute Gasteiger partial charge is 0.269 e. The van der Waals surface area contributed by atoms with E-state index in [0.29, 0.717) is 18.1 Å². The van der Waals surface area contributed by atoms with E-state index in [1.54, 1.807) is 19.9 Å². The van der Waals surface area contributed by atoms with Gasteiger partial charge in [-0.15, -0.1) is 0 Å². The molecule has 0 saturated heterocycles. The lowest BCUT2D eigenvalue weighted by molar-refractivity contribution is -0.112. The first-order valence-corrected chi connectivity index (χ1v) is 5.70. The topological polar surface area (TPSA) is 62.1 Å². The average molecular weight is 244 g/mol. The summed E-state index contributed by atoms with van der Waals surface area (Å²) in [6, 6.07) is 9.26. The maximum atomic E-state index is 11.9. The lowest BCUT2D eigenvalue weighted by Gasteiger charge is -2.09. The van der Waals surface area contributed by atoms with E-state index < -0.39 is 5.91 Å². The van der Waals surface area contributed by atoms with Crippen molar-refractivity contribution in [3.63, 3.8) is 0 Å². The second-order valence-electron chi connectivity index (χ2n) is 3.75. The molecule has 1 aromatic rings. The number of benzene rings is 1. The Morgan fingerprint density at radius 1 is 1.44 bits per heavy atom. The van der Waals surface area contributed by atoms with E-state index in [2.05, 4.69) is 5.32 Å². The summed E-state index contributed by atoms with van der Waals surface area (Å²) in [6.45, 7) is 5.73. The highest BCUT2D eigenvalue weighted by atomic mass is 16.5. The van der Waals surface area contributed by atoms with E-state index in [9.17, 15) is 4.79 Å². The molecule has 94 valence electrons. The molecule has 0 bridgehead atoms. The van der Waals surface area contributed by atoms with E-state index in [-0.39, 0.29) is 5.57 Å². The molecule has 0 aliphatic heterocycles. The minimum atomic E-state index is -0.447. The number of aryl methyl sites for hydroxylation is 1. The minimum absolute atomic E-state index is 0.0000954. The van der Waals surface area contributed by atoms with Gasteiger partial charge in [-0.05, 0) is 32.4 Å². The Morgan fingerprint density at radius 3 is 2.67 bits per heavy atom. The zero-order valence-corrected chi connectivity index (χ0v) is 10.8. The van der Waals surface area contributed by atoms with Crippen LogP contribution < -0.4 is 5.32 Å². The zero-order valence-electron chi connectivity index (χ0n) is 10.8. The van der Waals surface area contributed by atoms with Crippen molar-refractivity contribution in [3.8, 4) is 6.07 Å². The fourth-order valence-corrected chi connectivity index (χ4v) is 1.48. The van der Waals surface area contributed by atoms with Crippen molar-refractivity contribution in [3.05, 3.63) is 41.2 Å². The van der Waals surface area contributed by atoms with Crippen LogP contribution in [0.5, 0.6) is 0 Å². The molecule has 0 fully saturated rings. The predicted octanol–water partition coefficient (Wildman–Crippen LogP) is 2.77. The van der Waals surface area contributed by atoms with Crippen LogP contribution in [0.1, 0.15) is 19.4 Å². The van der Waals surface area contributed by atoms with E-state index >= 15 is 0 Å². The molecule has 4 heteroatoms. The molecule has 1 amide bonds. The molecular weight excluding hydrogens is 228 g/mol. The molecule has 0 unspecified atom stereocenters. The molecule has 0 heterocycles. The van der Waals surface area contributed by atoms with Crippen LogP contribution >= 0.6 is 0 Å². The highest BCUT2D eigenvalue weighted by Crippen LogP contribution is 2.15. The van der Waals surface area contributed by atoms with Gasteiger partial charge in [0, 0.05) is 5.69 Å². The number of anilines is 1. The molecular formula is C14H16N2O2. The lowest BCUT2D eigenvalue weighted by Crippen LogP contribution is -2.16. The van der Waals surface area contributed by atoms with Gasteiger partial charge in [0.1, 0.15) is 11.8 Å². The number of nitrogens with zero attached hydrogens (tertiary/aromatic N) is 1. The van der Waals surface area contributed by atoms with E-state index in [1.165, 1.54) is 0 Å². The van der Waals surface area contributed by atoms with Crippen molar-refractivity contribution in [2.75, 3.05) is 11.9 Å². The Hall–Kier alpha value is -2.28. The number of ether oxygens (including phenoxy) is 1. The number of rotatable bonds is 4. The minimum Gasteiger partial charge on any atom is -0.497 e. The van der Waals surface area contributed by atoms with E-state index in [4.69, 9.17) is 10.00 Å². The zero-order chi connectivity index (χ0) is 13.5. The Bertz CT molecular complexity index is 513. The van der Waals surface area contributed by atoms with Crippen LogP contribution in [0.4, 0.5) is 5.69 Å². The number of hydrogen-bond donors (Lipinski definition) is 1. The van der Waals surface area contributed by atoms with Crippen LogP contribution in [0.2, 0.25) is 0 Å². The normalized spacial score (nSPS) is 11.2. The van der Waals surface area contributed by atoms with Crippen molar-refractivity contribution < 1.29 is 9.53 Å². The van der Waals surface area contributed by atoms with Gasteiger partial charge in [0.05, 0.1) is 6.61 Å². The van der Waals surface area contributed by atoms with Gasteiger partial charge in [-0.25, -0.2) is 0 Å². The average Bonchev–Trinajstić information content (AvgIpc) is 2.33. The summed E-state index contributed by atoms with van der Waals surface area (Å²) >= 11 is 0. The number of allylic oxidation sites excluding steroid dienone is 1. The second kappa shape index (κ2) is 6.45. The molecule has 0 aliphatic carbocycles. The third kappa shape index (κ3) is 3.36. The van der Waals surface area contributed by atoms with Crippen molar-refractivity contribution in [1.82, 2.24) is 0 Å². The van der Waals surface area contributed by atoms with Gasteiger partial charge in [-0.3, -0.25) is 4.79 Å². The van der Waals surface area contributed by atoms with Crippen LogP contribution in [0, 0.1) is 18.3 Å². The van der Waals surface area contributed by atoms with E-state index in [1.807, 2.05) is 31.2 Å². The number of nitrogens with one attached hydrogen (secondary N) is 1. The van der Waals surface area contributed by atoms with Gasteiger partial charge in [0.2, 0.25) is 0 Å². The molecule has 18 heavy (non-hydrogen) atoms. The summed E-state index contributed by atoms with van der Waals surface area (Å²) in [6.07, 6.45) is 0. The summed E-state index contributed by atoms with van der Waals surface area (Å²) < 4.78 is 5.18. The number of hydrogen-bond acceptors (Lipinski definition) is 3. The van der Waals surface area contributed by atoms with Crippen molar-refractivity contribution in [1.29, 1.82) is 5.26 Å². The fraction of sp³-hybridized carbons (Fsp3) is 0.286. The van der Waals surface area contributed by atoms with Crippen LogP contribution in [-0.2, 0) is 9.53 Å². The number of nitriles is 1. The van der Waals surface area contributed by atoms with Crippen LogP contribution in [0.3, 0.4) is 0 Å². The number of amides is 1. The van der Waals surface area contributed by atoms with Gasteiger partial charge in [-0.1, -0.05) is 18.2 Å². The summed E-state index contributed by atoms with van der Waals surface area (Å²) in [5, 5.41) is 11.7. The molecule has 0 aliphatic rings. The van der Waals surface area contributed by atoms with Gasteiger partial charge in [0.25, 0.3) is 5.91 Å². The second-order valence-corrected chi connectivity index (χ2v) is 3.75. The van der Waals surface area contributed by atoms with Crippen molar-refractivity contribution >= 4 is 11.6 Å². The molecule has 4 nitrogen and oxygen atoms in total. The molecule has 0 aromatic heterocycles. The first kappa shape index (κ1) is 13.8. The van der Waals surface area contributed by atoms with Crippen molar-refractivity contribution in [2.24, 2.45) is 0 Å². The van der Waals surface area contributed by atoms with Crippen LogP contribution in [-0.4, -0.2) is 12.5 Å². The summed E-state index contributed by atoms with van der Waals surface area (Å²) in [7, 11) is 0. The van der Waals surface area contributed by atoms with Crippen LogP contribution in [0.15, 0.2) is 35.6 Å². The molecule has 0 spiro atoms. The number of para-hydroxylation sites is 1. The van der Waals surface area contributed by atoms with Crippen molar-refractivity contribution in [2.45, 2.75) is 20.8 Å². The molecule has 0 radical (unpaired) electrons. The summed E-state index contributed by atoms with van der Waals surface area (Å²) in [4.78, 5) is 11.9. The standard InChI is InChI=1S/C14H16N2O2/c1-4-18-11(3)12(9-15)14(17)16-13-8-6-5-7-10(13)2/h5-8H,4H2,1-3H3,(H,16,17)/b12-11-.